The van der Waals surface area contributed by atoms with E-state index in [1.807, 2.05) is 6.92 Å². The molecule has 0 saturated heterocycles. The van der Waals surface area contributed by atoms with E-state index in [1.165, 1.54) is 16.8 Å². The summed E-state index contributed by atoms with van der Waals surface area (Å²) in [6, 6.07) is 1.64. The van der Waals surface area contributed by atoms with Gasteiger partial charge in [0.15, 0.2) is 0 Å². The Kier molecular flexibility index (Phi) is 1.73. The van der Waals surface area contributed by atoms with Crippen LogP contribution in [0.15, 0.2) is 17.1 Å². The van der Waals surface area contributed by atoms with E-state index in [0.29, 0.717) is 12.4 Å². The molecule has 68 valence electrons. The topological polar surface area (TPSA) is 72.3 Å². The summed E-state index contributed by atoms with van der Waals surface area (Å²) in [6.07, 6.45) is 1.53. The Bertz CT molecular complexity index is 473. The maximum Gasteiger partial charge on any atom is 0.337 e. The van der Waals surface area contributed by atoms with Crippen LogP contribution in [0.3, 0.4) is 0 Å². The second-order valence-electron chi connectivity index (χ2n) is 2.40. The fourth-order valence-electron chi connectivity index (χ4n) is 0.973. The molecule has 6 nitrogen and oxygen atoms in total. The van der Waals surface area contributed by atoms with Gasteiger partial charge in [-0.2, -0.15) is 4.98 Å². The highest BCUT2D eigenvalue weighted by molar-refractivity contribution is 5.26. The molecule has 0 spiro atoms. The highest BCUT2D eigenvalue weighted by Gasteiger charge is 2.02. The van der Waals surface area contributed by atoms with Gasteiger partial charge in [0.05, 0.1) is 6.61 Å². The lowest BCUT2D eigenvalue weighted by atomic mass is 10.7. The molecule has 2 heterocycles. The summed E-state index contributed by atoms with van der Waals surface area (Å²) >= 11 is 0. The monoisotopic (exact) mass is 180 g/mol. The molecule has 13 heavy (non-hydrogen) atoms. The number of H-pyrrole nitrogens is 1. The lowest BCUT2D eigenvalue weighted by Crippen LogP contribution is -2.05. The Balaban J connectivity index is 2.55. The second-order valence-corrected chi connectivity index (χ2v) is 2.40. The molecule has 0 aliphatic rings. The zero-order valence-electron chi connectivity index (χ0n) is 7.02. The molecule has 0 aromatic carbocycles. The molecule has 0 aliphatic heterocycles. The van der Waals surface area contributed by atoms with Gasteiger partial charge in [-0.25, -0.2) is 4.52 Å². The van der Waals surface area contributed by atoms with Crippen molar-refractivity contribution in [3.63, 3.8) is 0 Å². The standard InChI is InChI=1S/C7H8N4O2/c1-2-13-7-9-6-8-5(12)3-4-11(6)10-7/h3-4H,2H2,1H3,(H,8,9,10,12). The van der Waals surface area contributed by atoms with E-state index >= 15 is 0 Å². The maximum absolute atomic E-state index is 10.9. The predicted octanol–water partition coefficient (Wildman–Crippen LogP) is -0.184. The molecule has 0 unspecified atom stereocenters. The fourth-order valence-corrected chi connectivity index (χ4v) is 0.973. The minimum absolute atomic E-state index is 0.206. The second kappa shape index (κ2) is 2.89. The van der Waals surface area contributed by atoms with E-state index in [0.717, 1.165) is 0 Å². The van der Waals surface area contributed by atoms with Gasteiger partial charge in [-0.1, -0.05) is 0 Å². The zero-order valence-corrected chi connectivity index (χ0v) is 7.02. The van der Waals surface area contributed by atoms with Crippen molar-refractivity contribution in [3.05, 3.63) is 22.6 Å². The Morgan fingerprint density at radius 2 is 2.54 bits per heavy atom. The molecule has 6 heteroatoms. The first-order chi connectivity index (χ1) is 6.29. The van der Waals surface area contributed by atoms with Crippen LogP contribution in [0.2, 0.25) is 0 Å². The van der Waals surface area contributed by atoms with Crippen LogP contribution in [0, 0.1) is 0 Å². The summed E-state index contributed by atoms with van der Waals surface area (Å²) in [5.74, 6) is 0.385. The molecular weight excluding hydrogens is 172 g/mol. The lowest BCUT2D eigenvalue weighted by Gasteiger charge is -1.90. The average Bonchev–Trinajstić information content (AvgIpc) is 2.46. The smallest absolute Gasteiger partial charge is 0.337 e. The average molecular weight is 180 g/mol. The molecule has 0 radical (unpaired) electrons. The number of fused-ring (bicyclic) bond motifs is 1. The number of hydrogen-bond donors (Lipinski definition) is 1. The zero-order chi connectivity index (χ0) is 9.26. The quantitative estimate of drug-likeness (QED) is 0.695. The first-order valence-corrected chi connectivity index (χ1v) is 3.88. The predicted molar refractivity (Wildman–Crippen MR) is 44.8 cm³/mol. The van der Waals surface area contributed by atoms with E-state index in [1.54, 1.807) is 0 Å². The van der Waals surface area contributed by atoms with E-state index < -0.39 is 0 Å². The first-order valence-electron chi connectivity index (χ1n) is 3.88. The van der Waals surface area contributed by atoms with Gasteiger partial charge >= 0.3 is 6.01 Å². The van der Waals surface area contributed by atoms with Gasteiger partial charge in [0.25, 0.3) is 5.56 Å². The van der Waals surface area contributed by atoms with Crippen molar-refractivity contribution in [3.8, 4) is 6.01 Å². The third-order valence-electron chi connectivity index (χ3n) is 1.49. The highest BCUT2D eigenvalue weighted by atomic mass is 16.5. The SMILES string of the molecule is CCOc1nc2[nH]c(=O)ccn2n1. The van der Waals surface area contributed by atoms with E-state index in [2.05, 4.69) is 15.1 Å². The number of rotatable bonds is 2. The summed E-state index contributed by atoms with van der Waals surface area (Å²) < 4.78 is 6.52. The van der Waals surface area contributed by atoms with Crippen LogP contribution in [0.4, 0.5) is 0 Å². The van der Waals surface area contributed by atoms with Crippen molar-refractivity contribution in [1.29, 1.82) is 0 Å². The minimum Gasteiger partial charge on any atom is -0.463 e. The van der Waals surface area contributed by atoms with E-state index in [9.17, 15) is 4.79 Å². The van der Waals surface area contributed by atoms with Gasteiger partial charge in [0, 0.05) is 12.3 Å². The van der Waals surface area contributed by atoms with Gasteiger partial charge in [0.1, 0.15) is 0 Å². The van der Waals surface area contributed by atoms with Crippen molar-refractivity contribution in [2.24, 2.45) is 0 Å². The molecule has 2 aromatic rings. The van der Waals surface area contributed by atoms with Crippen molar-refractivity contribution in [1.82, 2.24) is 19.6 Å². The molecule has 0 saturated carbocycles. The van der Waals surface area contributed by atoms with Gasteiger partial charge in [-0.3, -0.25) is 9.78 Å². The van der Waals surface area contributed by atoms with Crippen LogP contribution in [-0.2, 0) is 0 Å². The molecule has 0 amide bonds. The number of aromatic amines is 1. The van der Waals surface area contributed by atoms with E-state index in [4.69, 9.17) is 4.74 Å². The Morgan fingerprint density at radius 3 is 3.31 bits per heavy atom. The molecule has 2 aromatic heterocycles. The van der Waals surface area contributed by atoms with Gasteiger partial charge in [0.2, 0.25) is 5.78 Å². The number of nitrogens with one attached hydrogen (secondary N) is 1. The molecular formula is C7H8N4O2. The fraction of sp³-hybridized carbons (Fsp3) is 0.286. The van der Waals surface area contributed by atoms with E-state index in [-0.39, 0.29) is 11.6 Å². The Morgan fingerprint density at radius 1 is 1.69 bits per heavy atom. The van der Waals surface area contributed by atoms with Crippen LogP contribution >= 0.6 is 0 Å². The summed E-state index contributed by atoms with van der Waals surface area (Å²) in [4.78, 5) is 17.3. The molecule has 1 N–H and O–H groups in total. The van der Waals surface area contributed by atoms with Crippen molar-refractivity contribution < 1.29 is 4.74 Å². The number of hydrogen-bond acceptors (Lipinski definition) is 4. The Hall–Kier alpha value is -1.85. The van der Waals surface area contributed by atoms with Crippen molar-refractivity contribution in [2.75, 3.05) is 6.61 Å². The highest BCUT2D eigenvalue weighted by Crippen LogP contribution is 2.02. The van der Waals surface area contributed by atoms with Gasteiger partial charge < -0.3 is 4.74 Å². The number of aromatic nitrogens is 4. The maximum atomic E-state index is 10.9. The van der Waals surface area contributed by atoms with Crippen molar-refractivity contribution >= 4 is 5.78 Å². The van der Waals surface area contributed by atoms with Crippen LogP contribution in [0.25, 0.3) is 5.78 Å². The normalized spacial score (nSPS) is 10.5. The molecule has 0 atom stereocenters. The lowest BCUT2D eigenvalue weighted by molar-refractivity contribution is 0.313. The third-order valence-corrected chi connectivity index (χ3v) is 1.49. The van der Waals surface area contributed by atoms with Crippen LogP contribution in [0.1, 0.15) is 6.92 Å². The Labute approximate surface area is 73.2 Å². The summed E-state index contributed by atoms with van der Waals surface area (Å²) in [7, 11) is 0. The molecule has 0 bridgehead atoms. The van der Waals surface area contributed by atoms with Gasteiger partial charge in [-0.05, 0) is 6.92 Å². The largest absolute Gasteiger partial charge is 0.463 e. The summed E-state index contributed by atoms with van der Waals surface area (Å²) in [6.45, 7) is 2.34. The van der Waals surface area contributed by atoms with Crippen LogP contribution < -0.4 is 10.3 Å². The van der Waals surface area contributed by atoms with Crippen molar-refractivity contribution in [2.45, 2.75) is 6.92 Å². The third kappa shape index (κ3) is 1.37. The van der Waals surface area contributed by atoms with Crippen LogP contribution in [0.5, 0.6) is 6.01 Å². The number of ether oxygens (including phenoxy) is 1. The van der Waals surface area contributed by atoms with Gasteiger partial charge in [-0.15, -0.1) is 5.10 Å². The summed E-state index contributed by atoms with van der Waals surface area (Å²) in [5, 5.41) is 3.96. The molecule has 0 fully saturated rings. The molecule has 2 rings (SSSR count). The first kappa shape index (κ1) is 7.78. The minimum atomic E-state index is -0.206. The van der Waals surface area contributed by atoms with Crippen LogP contribution in [-0.4, -0.2) is 26.2 Å². The molecule has 0 aliphatic carbocycles. The number of nitrogens with zero attached hydrogens (tertiary/aromatic N) is 3. The summed E-state index contributed by atoms with van der Waals surface area (Å²) in [5.41, 5.74) is -0.206.